The average molecular weight is 330 g/mol. The van der Waals surface area contributed by atoms with Gasteiger partial charge in [0, 0.05) is 38.2 Å². The van der Waals surface area contributed by atoms with Crippen LogP contribution >= 0.6 is 0 Å². The number of hydrogen-bond acceptors (Lipinski definition) is 3. The second kappa shape index (κ2) is 8.63. The Hall–Kier alpha value is -1.39. The molecule has 2 saturated heterocycles. The molecule has 0 saturated carbocycles. The molecule has 0 unspecified atom stereocenters. The summed E-state index contributed by atoms with van der Waals surface area (Å²) in [6.07, 6.45) is 5.30. The Morgan fingerprint density at radius 3 is 2.92 bits per heavy atom. The number of likely N-dealkylation sites (tertiary alicyclic amines) is 1. The molecule has 4 heteroatoms. The van der Waals surface area contributed by atoms with E-state index in [1.807, 2.05) is 6.07 Å². The molecule has 0 aliphatic carbocycles. The number of nitrogens with zero attached hydrogens (tertiary/aromatic N) is 1. The lowest BCUT2D eigenvalue weighted by atomic mass is 9.92. The summed E-state index contributed by atoms with van der Waals surface area (Å²) < 4.78 is 5.72. The standard InChI is InChI=1S/C20H30N2O2/c1-2-19-13-17(10-12-24-19)20(23)22-11-6-9-18(15-22)21-14-16-7-4-3-5-8-16/h3-5,7-8,17-19,21H,2,6,9-15H2,1H3/t17-,18-,19-/m1/s1. The van der Waals surface area contributed by atoms with Gasteiger partial charge in [-0.1, -0.05) is 37.3 Å². The Labute approximate surface area is 145 Å². The molecule has 4 nitrogen and oxygen atoms in total. The van der Waals surface area contributed by atoms with E-state index in [1.165, 1.54) is 5.56 Å². The van der Waals surface area contributed by atoms with Crippen molar-refractivity contribution in [2.45, 2.75) is 57.7 Å². The first kappa shape index (κ1) is 17.4. The molecule has 1 aromatic rings. The van der Waals surface area contributed by atoms with Gasteiger partial charge in [-0.25, -0.2) is 0 Å². The van der Waals surface area contributed by atoms with Crippen LogP contribution in [0.4, 0.5) is 0 Å². The van der Waals surface area contributed by atoms with Crippen LogP contribution in [0, 0.1) is 5.92 Å². The van der Waals surface area contributed by atoms with Crippen LogP contribution in [-0.2, 0) is 16.1 Å². The smallest absolute Gasteiger partial charge is 0.225 e. The Bertz CT molecular complexity index is 520. The van der Waals surface area contributed by atoms with Crippen molar-refractivity contribution >= 4 is 5.91 Å². The van der Waals surface area contributed by atoms with Gasteiger partial charge >= 0.3 is 0 Å². The van der Waals surface area contributed by atoms with E-state index in [9.17, 15) is 4.79 Å². The summed E-state index contributed by atoms with van der Waals surface area (Å²) in [6, 6.07) is 10.9. The van der Waals surface area contributed by atoms with Crippen molar-refractivity contribution in [2.24, 2.45) is 5.92 Å². The molecule has 2 aliphatic rings. The number of hydrogen-bond donors (Lipinski definition) is 1. The summed E-state index contributed by atoms with van der Waals surface area (Å²) >= 11 is 0. The maximum Gasteiger partial charge on any atom is 0.225 e. The van der Waals surface area contributed by atoms with Crippen LogP contribution in [0.5, 0.6) is 0 Å². The molecule has 1 aromatic carbocycles. The third-order valence-electron chi connectivity index (χ3n) is 5.34. The molecule has 0 spiro atoms. The monoisotopic (exact) mass is 330 g/mol. The SMILES string of the molecule is CC[C@@H]1C[C@H](C(=O)N2CCC[C@@H](NCc3ccccc3)C2)CCO1. The van der Waals surface area contributed by atoms with Gasteiger partial charge in [0.1, 0.15) is 0 Å². The third kappa shape index (κ3) is 4.58. The minimum Gasteiger partial charge on any atom is -0.378 e. The summed E-state index contributed by atoms with van der Waals surface area (Å²) in [4.78, 5) is 15.0. The van der Waals surface area contributed by atoms with Gasteiger partial charge in [0.05, 0.1) is 6.10 Å². The van der Waals surface area contributed by atoms with Crippen LogP contribution in [0.3, 0.4) is 0 Å². The molecule has 1 amide bonds. The zero-order valence-electron chi connectivity index (χ0n) is 14.7. The number of carbonyl (C=O) groups excluding carboxylic acids is 1. The molecule has 1 N–H and O–H groups in total. The van der Waals surface area contributed by atoms with Crippen LogP contribution in [0.15, 0.2) is 30.3 Å². The zero-order valence-corrected chi connectivity index (χ0v) is 14.7. The van der Waals surface area contributed by atoms with Gasteiger partial charge < -0.3 is 15.0 Å². The Balaban J connectivity index is 1.50. The van der Waals surface area contributed by atoms with Crippen molar-refractivity contribution in [3.05, 3.63) is 35.9 Å². The van der Waals surface area contributed by atoms with Gasteiger partial charge in [-0.15, -0.1) is 0 Å². The Morgan fingerprint density at radius 1 is 1.29 bits per heavy atom. The molecule has 132 valence electrons. The number of ether oxygens (including phenoxy) is 1. The van der Waals surface area contributed by atoms with Crippen molar-refractivity contribution in [1.82, 2.24) is 10.2 Å². The highest BCUT2D eigenvalue weighted by molar-refractivity contribution is 5.79. The maximum absolute atomic E-state index is 12.9. The van der Waals surface area contributed by atoms with Crippen LogP contribution in [0.2, 0.25) is 0 Å². The molecule has 0 radical (unpaired) electrons. The predicted molar refractivity (Wildman–Crippen MR) is 95.6 cm³/mol. The maximum atomic E-state index is 12.9. The van der Waals surface area contributed by atoms with Crippen molar-refractivity contribution in [3.63, 3.8) is 0 Å². The summed E-state index contributed by atoms with van der Waals surface area (Å²) in [5, 5.41) is 3.63. The van der Waals surface area contributed by atoms with Gasteiger partial charge in [0.25, 0.3) is 0 Å². The highest BCUT2D eigenvalue weighted by Crippen LogP contribution is 2.25. The van der Waals surface area contributed by atoms with E-state index in [1.54, 1.807) is 0 Å². The predicted octanol–water partition coefficient (Wildman–Crippen LogP) is 2.97. The topological polar surface area (TPSA) is 41.6 Å². The van der Waals surface area contributed by atoms with E-state index >= 15 is 0 Å². The highest BCUT2D eigenvalue weighted by atomic mass is 16.5. The Morgan fingerprint density at radius 2 is 2.12 bits per heavy atom. The second-order valence-corrected chi connectivity index (χ2v) is 7.11. The molecule has 2 heterocycles. The van der Waals surface area contributed by atoms with E-state index in [2.05, 4.69) is 41.4 Å². The molecule has 3 atom stereocenters. The minimum atomic E-state index is 0.163. The van der Waals surface area contributed by atoms with Crippen LogP contribution in [0.25, 0.3) is 0 Å². The number of nitrogens with one attached hydrogen (secondary N) is 1. The lowest BCUT2D eigenvalue weighted by Crippen LogP contribution is -2.50. The van der Waals surface area contributed by atoms with Gasteiger partial charge in [0.2, 0.25) is 5.91 Å². The largest absolute Gasteiger partial charge is 0.378 e. The van der Waals surface area contributed by atoms with E-state index in [-0.39, 0.29) is 12.0 Å². The number of piperidine rings is 1. The van der Waals surface area contributed by atoms with E-state index in [4.69, 9.17) is 4.74 Å². The van der Waals surface area contributed by atoms with Crippen molar-refractivity contribution < 1.29 is 9.53 Å². The summed E-state index contributed by atoms with van der Waals surface area (Å²) in [5.74, 6) is 0.513. The van der Waals surface area contributed by atoms with Gasteiger partial charge in [-0.3, -0.25) is 4.79 Å². The van der Waals surface area contributed by atoms with Gasteiger partial charge in [0.15, 0.2) is 0 Å². The fourth-order valence-corrected chi connectivity index (χ4v) is 3.85. The molecule has 0 bridgehead atoms. The fraction of sp³-hybridized carbons (Fsp3) is 0.650. The number of rotatable bonds is 5. The first-order valence-electron chi connectivity index (χ1n) is 9.44. The lowest BCUT2D eigenvalue weighted by Gasteiger charge is -2.37. The third-order valence-corrected chi connectivity index (χ3v) is 5.34. The summed E-state index contributed by atoms with van der Waals surface area (Å²) in [7, 11) is 0. The van der Waals surface area contributed by atoms with Crippen LogP contribution < -0.4 is 5.32 Å². The van der Waals surface area contributed by atoms with Crippen LogP contribution in [-0.4, -0.2) is 42.6 Å². The number of benzene rings is 1. The van der Waals surface area contributed by atoms with Crippen molar-refractivity contribution in [1.29, 1.82) is 0 Å². The van der Waals surface area contributed by atoms with Gasteiger partial charge in [-0.05, 0) is 37.7 Å². The summed E-state index contributed by atoms with van der Waals surface area (Å²) in [5.41, 5.74) is 1.30. The fourth-order valence-electron chi connectivity index (χ4n) is 3.85. The zero-order chi connectivity index (χ0) is 16.8. The average Bonchev–Trinajstić information content (AvgIpc) is 2.67. The molecular weight excluding hydrogens is 300 g/mol. The summed E-state index contributed by atoms with van der Waals surface area (Å²) in [6.45, 7) is 5.51. The van der Waals surface area contributed by atoms with Crippen LogP contribution in [0.1, 0.15) is 44.6 Å². The molecule has 0 aromatic heterocycles. The quantitative estimate of drug-likeness (QED) is 0.902. The second-order valence-electron chi connectivity index (χ2n) is 7.11. The molecule has 24 heavy (non-hydrogen) atoms. The minimum absolute atomic E-state index is 0.163. The van der Waals surface area contributed by atoms with Crippen molar-refractivity contribution in [3.8, 4) is 0 Å². The molecular formula is C20H30N2O2. The van der Waals surface area contributed by atoms with E-state index in [0.717, 1.165) is 58.3 Å². The van der Waals surface area contributed by atoms with E-state index in [0.29, 0.717) is 11.9 Å². The number of amides is 1. The highest BCUT2D eigenvalue weighted by Gasteiger charge is 2.32. The molecule has 2 fully saturated rings. The molecule has 3 rings (SSSR count). The molecule has 2 aliphatic heterocycles. The lowest BCUT2D eigenvalue weighted by molar-refractivity contribution is -0.142. The van der Waals surface area contributed by atoms with Crippen molar-refractivity contribution in [2.75, 3.05) is 19.7 Å². The number of carbonyl (C=O) groups is 1. The van der Waals surface area contributed by atoms with Gasteiger partial charge in [-0.2, -0.15) is 0 Å². The first-order valence-corrected chi connectivity index (χ1v) is 9.44. The Kier molecular flexibility index (Phi) is 6.27. The normalized spacial score (nSPS) is 27.9. The first-order chi connectivity index (χ1) is 11.8. The van der Waals surface area contributed by atoms with E-state index < -0.39 is 0 Å².